The number of hydrogen-bond acceptors (Lipinski definition) is 3. The number of benzene rings is 1. The predicted octanol–water partition coefficient (Wildman–Crippen LogP) is 1.15. The fourth-order valence-corrected chi connectivity index (χ4v) is 0.943. The van der Waals surface area contributed by atoms with Crippen LogP contribution in [-0.4, -0.2) is 17.7 Å². The van der Waals surface area contributed by atoms with Gasteiger partial charge in [-0.1, -0.05) is 12.1 Å². The Labute approximate surface area is 78.4 Å². The summed E-state index contributed by atoms with van der Waals surface area (Å²) in [5.41, 5.74) is 0.698. The molecule has 0 saturated carbocycles. The van der Waals surface area contributed by atoms with E-state index in [0.717, 1.165) is 0 Å². The summed E-state index contributed by atoms with van der Waals surface area (Å²) < 4.78 is 12.2. The van der Waals surface area contributed by atoms with Crippen LogP contribution in [0.2, 0.25) is 0 Å². The summed E-state index contributed by atoms with van der Waals surface area (Å²) in [6.45, 7) is 1.11. The second kappa shape index (κ2) is 4.62. The molecule has 3 nitrogen and oxygen atoms in total. The third-order valence-corrected chi connectivity index (χ3v) is 1.47. The first-order valence-electron chi connectivity index (χ1n) is 4.52. The van der Waals surface area contributed by atoms with E-state index in [1.165, 1.54) is 6.92 Å². The van der Waals surface area contributed by atoms with Crippen LogP contribution < -0.4 is 4.74 Å². The monoisotopic (exact) mass is 181 g/mol. The molecule has 1 N–H and O–H groups in total. The third kappa shape index (κ3) is 3.25. The minimum Gasteiger partial charge on any atom is -0.427 e. The first-order chi connectivity index (χ1) is 6.63. The summed E-state index contributed by atoms with van der Waals surface area (Å²) in [7, 11) is 0. The molecule has 1 rings (SSSR count). The molecule has 0 aliphatic rings. The van der Waals surface area contributed by atoms with E-state index in [0.29, 0.717) is 11.3 Å². The van der Waals surface area contributed by atoms with Crippen molar-refractivity contribution in [2.24, 2.45) is 0 Å². The molecule has 0 spiro atoms. The van der Waals surface area contributed by atoms with Gasteiger partial charge in [-0.25, -0.2) is 0 Å². The van der Waals surface area contributed by atoms with Crippen molar-refractivity contribution >= 4 is 5.97 Å². The molecule has 70 valence electrons. The maximum atomic E-state index is 10.6. The number of rotatable bonds is 3. The lowest BCUT2D eigenvalue weighted by Gasteiger charge is -2.02. The number of aliphatic hydroxyl groups excluding tert-OH is 1. The highest BCUT2D eigenvalue weighted by molar-refractivity contribution is 5.69. The number of carbonyl (C=O) groups is 1. The van der Waals surface area contributed by atoms with Crippen LogP contribution in [0.5, 0.6) is 5.75 Å². The normalized spacial score (nSPS) is 13.2. The van der Waals surface area contributed by atoms with Crippen molar-refractivity contribution in [3.05, 3.63) is 29.8 Å². The van der Waals surface area contributed by atoms with Gasteiger partial charge in [0.15, 0.2) is 0 Å². The highest BCUT2D eigenvalue weighted by Crippen LogP contribution is 2.12. The van der Waals surface area contributed by atoms with Crippen LogP contribution >= 0.6 is 0 Å². The fraction of sp³-hybridized carbons (Fsp3) is 0.300. The SMILES string of the molecule is [2H]C(CO)c1ccc(OC(C)=O)cc1. The molecule has 1 atom stereocenters. The Hall–Kier alpha value is -1.35. The lowest BCUT2D eigenvalue weighted by Crippen LogP contribution is -2.01. The molecule has 1 aromatic carbocycles. The lowest BCUT2D eigenvalue weighted by molar-refractivity contribution is -0.131. The standard InChI is InChI=1S/C10H12O3/c1-8(12)13-10-4-2-9(3-5-10)6-7-11/h2-5,11H,6-7H2,1H3/i6D. The first-order valence-corrected chi connectivity index (χ1v) is 3.95. The number of ether oxygens (including phenoxy) is 1. The van der Waals surface area contributed by atoms with E-state index >= 15 is 0 Å². The Morgan fingerprint density at radius 3 is 2.62 bits per heavy atom. The minimum absolute atomic E-state index is 0.215. The molecule has 0 radical (unpaired) electrons. The maximum absolute atomic E-state index is 10.6. The zero-order chi connectivity index (χ0) is 10.6. The van der Waals surface area contributed by atoms with E-state index in [1.54, 1.807) is 24.3 Å². The van der Waals surface area contributed by atoms with Gasteiger partial charge in [0.05, 0.1) is 0 Å². The van der Waals surface area contributed by atoms with Crippen LogP contribution in [0.15, 0.2) is 24.3 Å². The van der Waals surface area contributed by atoms with Crippen molar-refractivity contribution in [3.63, 3.8) is 0 Å². The zero-order valence-electron chi connectivity index (χ0n) is 8.36. The smallest absolute Gasteiger partial charge is 0.308 e. The van der Waals surface area contributed by atoms with Gasteiger partial charge >= 0.3 is 5.97 Å². The van der Waals surface area contributed by atoms with E-state index in [9.17, 15) is 4.79 Å². The highest BCUT2D eigenvalue weighted by atomic mass is 16.5. The number of hydrogen-bond donors (Lipinski definition) is 1. The van der Waals surface area contributed by atoms with Gasteiger partial charge in [-0.05, 0) is 24.1 Å². The van der Waals surface area contributed by atoms with E-state index < -0.39 is 6.40 Å². The van der Waals surface area contributed by atoms with E-state index in [2.05, 4.69) is 0 Å². The van der Waals surface area contributed by atoms with Crippen molar-refractivity contribution in [1.82, 2.24) is 0 Å². The van der Waals surface area contributed by atoms with Gasteiger partial charge in [0.2, 0.25) is 0 Å². The van der Waals surface area contributed by atoms with Crippen LogP contribution in [0, 0.1) is 0 Å². The van der Waals surface area contributed by atoms with Crippen molar-refractivity contribution in [1.29, 1.82) is 0 Å². The van der Waals surface area contributed by atoms with Crippen LogP contribution in [0.4, 0.5) is 0 Å². The second-order valence-corrected chi connectivity index (χ2v) is 2.55. The molecule has 0 fully saturated rings. The molecule has 0 aliphatic carbocycles. The molecule has 3 heteroatoms. The molecule has 1 unspecified atom stereocenters. The largest absolute Gasteiger partial charge is 0.427 e. The Bertz CT molecular complexity index is 308. The van der Waals surface area contributed by atoms with Gasteiger partial charge < -0.3 is 9.84 Å². The minimum atomic E-state index is -0.638. The number of aliphatic hydroxyl groups is 1. The molecular weight excluding hydrogens is 168 g/mol. The van der Waals surface area contributed by atoms with Crippen LogP contribution in [-0.2, 0) is 11.2 Å². The lowest BCUT2D eigenvalue weighted by atomic mass is 10.1. The van der Waals surface area contributed by atoms with Crippen molar-refractivity contribution in [2.75, 3.05) is 6.61 Å². The quantitative estimate of drug-likeness (QED) is 0.562. The van der Waals surface area contributed by atoms with Gasteiger partial charge in [-0.15, -0.1) is 0 Å². The molecule has 0 saturated heterocycles. The summed E-state index contributed by atoms with van der Waals surface area (Å²) in [5.74, 6) is 0.0775. The fourth-order valence-electron chi connectivity index (χ4n) is 0.943. The van der Waals surface area contributed by atoms with Gasteiger partial charge in [0.1, 0.15) is 5.75 Å². The molecule has 0 bridgehead atoms. The Morgan fingerprint density at radius 1 is 1.54 bits per heavy atom. The summed E-state index contributed by atoms with van der Waals surface area (Å²) in [6.07, 6.45) is -0.638. The van der Waals surface area contributed by atoms with Gasteiger partial charge in [-0.2, -0.15) is 0 Å². The van der Waals surface area contributed by atoms with Crippen molar-refractivity contribution in [3.8, 4) is 5.75 Å². The van der Waals surface area contributed by atoms with Crippen LogP contribution in [0.3, 0.4) is 0 Å². The molecule has 0 amide bonds. The molecule has 0 heterocycles. The average molecular weight is 181 g/mol. The number of carbonyl (C=O) groups excluding carboxylic acids is 1. The molecule has 0 aromatic heterocycles. The zero-order valence-corrected chi connectivity index (χ0v) is 7.36. The third-order valence-electron chi connectivity index (χ3n) is 1.47. The second-order valence-electron chi connectivity index (χ2n) is 2.55. The molecule has 13 heavy (non-hydrogen) atoms. The Balaban J connectivity index is 2.73. The van der Waals surface area contributed by atoms with E-state index in [4.69, 9.17) is 11.2 Å². The van der Waals surface area contributed by atoms with Gasteiger partial charge in [-0.3, -0.25) is 4.79 Å². The maximum Gasteiger partial charge on any atom is 0.308 e. The summed E-state index contributed by atoms with van der Waals surface area (Å²) in [5, 5.41) is 8.73. The molecule has 0 aliphatic heterocycles. The molecule has 1 aromatic rings. The summed E-state index contributed by atoms with van der Waals surface area (Å²) >= 11 is 0. The van der Waals surface area contributed by atoms with Crippen molar-refractivity contribution in [2.45, 2.75) is 13.3 Å². The molecular formula is C10H12O3. The Morgan fingerprint density at radius 2 is 2.15 bits per heavy atom. The first kappa shape index (κ1) is 8.26. The van der Waals surface area contributed by atoms with Crippen LogP contribution in [0.1, 0.15) is 13.9 Å². The predicted molar refractivity (Wildman–Crippen MR) is 48.5 cm³/mol. The highest BCUT2D eigenvalue weighted by Gasteiger charge is 1.97. The van der Waals surface area contributed by atoms with Gasteiger partial charge in [0, 0.05) is 14.9 Å². The van der Waals surface area contributed by atoms with E-state index in [1.807, 2.05) is 0 Å². The Kier molecular flexibility index (Phi) is 2.94. The summed E-state index contributed by atoms with van der Waals surface area (Å²) in [4.78, 5) is 10.6. The van der Waals surface area contributed by atoms with Crippen molar-refractivity contribution < 1.29 is 16.0 Å². The topological polar surface area (TPSA) is 46.5 Å². The van der Waals surface area contributed by atoms with E-state index in [-0.39, 0.29) is 12.6 Å². The van der Waals surface area contributed by atoms with Gasteiger partial charge in [0.25, 0.3) is 0 Å². The average Bonchev–Trinajstić information content (AvgIpc) is 2.17. The summed E-state index contributed by atoms with van der Waals surface area (Å²) in [6, 6.07) is 6.53. The number of esters is 1. The van der Waals surface area contributed by atoms with Crippen LogP contribution in [0.25, 0.3) is 0 Å².